The van der Waals surface area contributed by atoms with E-state index in [1.807, 2.05) is 68.4 Å². The van der Waals surface area contributed by atoms with Gasteiger partial charge < -0.3 is 5.32 Å². The predicted octanol–water partition coefficient (Wildman–Crippen LogP) is 3.94. The van der Waals surface area contributed by atoms with E-state index in [1.165, 1.54) is 0 Å². The fraction of sp³-hybridized carbons (Fsp3) is 0.136. The molecule has 0 atom stereocenters. The molecule has 0 saturated heterocycles. The van der Waals surface area contributed by atoms with E-state index in [1.54, 1.807) is 13.0 Å². The molecule has 0 unspecified atom stereocenters. The lowest BCUT2D eigenvalue weighted by atomic mass is 10.0. The Morgan fingerprint density at radius 3 is 2.37 bits per heavy atom. The number of carbonyl (C=O) groups is 2. The number of carbonyl (C=O) groups excluding carboxylic acids is 2. The standard InChI is InChI=1S/C22H21N3O2/c1-14-11-12-18(13-15(14)2)23-21(26)22(27)25-24-16(3)19-10-6-8-17-7-4-5-9-20(17)19/h4-13H,1-3H3,(H,23,26)(H,25,27). The second-order valence-corrected chi connectivity index (χ2v) is 6.42. The van der Waals surface area contributed by atoms with E-state index in [2.05, 4.69) is 15.8 Å². The van der Waals surface area contributed by atoms with E-state index in [9.17, 15) is 9.59 Å². The maximum Gasteiger partial charge on any atom is 0.329 e. The second-order valence-electron chi connectivity index (χ2n) is 6.42. The normalized spacial score (nSPS) is 11.3. The summed E-state index contributed by atoms with van der Waals surface area (Å²) < 4.78 is 0. The quantitative estimate of drug-likeness (QED) is 0.422. The van der Waals surface area contributed by atoms with Gasteiger partial charge in [-0.1, -0.05) is 48.5 Å². The van der Waals surface area contributed by atoms with Crippen LogP contribution in [0.1, 0.15) is 23.6 Å². The van der Waals surface area contributed by atoms with Gasteiger partial charge in [-0.2, -0.15) is 5.10 Å². The number of nitrogens with zero attached hydrogens (tertiary/aromatic N) is 1. The highest BCUT2D eigenvalue weighted by Crippen LogP contribution is 2.19. The number of amides is 2. The lowest BCUT2D eigenvalue weighted by molar-refractivity contribution is -0.136. The van der Waals surface area contributed by atoms with E-state index in [4.69, 9.17) is 0 Å². The Balaban J connectivity index is 1.71. The minimum absolute atomic E-state index is 0.577. The molecule has 0 saturated carbocycles. The third-order valence-corrected chi connectivity index (χ3v) is 4.48. The third-order valence-electron chi connectivity index (χ3n) is 4.48. The van der Waals surface area contributed by atoms with Gasteiger partial charge in [-0.15, -0.1) is 0 Å². The molecule has 5 nitrogen and oxygen atoms in total. The van der Waals surface area contributed by atoms with Crippen LogP contribution >= 0.6 is 0 Å². The molecule has 2 N–H and O–H groups in total. The first-order valence-electron chi connectivity index (χ1n) is 8.66. The summed E-state index contributed by atoms with van der Waals surface area (Å²) in [5.41, 5.74) is 6.59. The van der Waals surface area contributed by atoms with Crippen LogP contribution < -0.4 is 10.7 Å². The average Bonchev–Trinajstić information content (AvgIpc) is 2.68. The zero-order valence-corrected chi connectivity index (χ0v) is 15.5. The Labute approximate surface area is 158 Å². The third kappa shape index (κ3) is 4.20. The summed E-state index contributed by atoms with van der Waals surface area (Å²) in [6.07, 6.45) is 0. The van der Waals surface area contributed by atoms with E-state index in [0.29, 0.717) is 11.4 Å². The fourth-order valence-electron chi connectivity index (χ4n) is 2.79. The molecule has 3 rings (SSSR count). The van der Waals surface area contributed by atoms with Crippen molar-refractivity contribution in [3.63, 3.8) is 0 Å². The van der Waals surface area contributed by atoms with Crippen molar-refractivity contribution >= 4 is 34.0 Å². The molecule has 0 aliphatic heterocycles. The minimum Gasteiger partial charge on any atom is -0.318 e. The molecule has 3 aromatic carbocycles. The molecule has 3 aromatic rings. The number of nitrogens with one attached hydrogen (secondary N) is 2. The lowest BCUT2D eigenvalue weighted by Crippen LogP contribution is -2.33. The zero-order chi connectivity index (χ0) is 19.4. The molecule has 0 spiro atoms. The Morgan fingerprint density at radius 2 is 1.59 bits per heavy atom. The maximum absolute atomic E-state index is 12.1. The van der Waals surface area contributed by atoms with Crippen molar-refractivity contribution in [2.45, 2.75) is 20.8 Å². The van der Waals surface area contributed by atoms with Crippen LogP contribution in [-0.4, -0.2) is 17.5 Å². The van der Waals surface area contributed by atoms with Crippen molar-refractivity contribution in [2.75, 3.05) is 5.32 Å². The molecule has 27 heavy (non-hydrogen) atoms. The number of anilines is 1. The number of hydrazone groups is 1. The summed E-state index contributed by atoms with van der Waals surface area (Å²) >= 11 is 0. The topological polar surface area (TPSA) is 70.6 Å². The SMILES string of the molecule is CC(=NNC(=O)C(=O)Nc1ccc(C)c(C)c1)c1cccc2ccccc12. The van der Waals surface area contributed by atoms with Gasteiger partial charge in [0.2, 0.25) is 0 Å². The highest BCUT2D eigenvalue weighted by molar-refractivity contribution is 6.39. The smallest absolute Gasteiger partial charge is 0.318 e. The molecular weight excluding hydrogens is 338 g/mol. The summed E-state index contributed by atoms with van der Waals surface area (Å²) in [4.78, 5) is 24.1. The molecule has 2 amide bonds. The van der Waals surface area contributed by atoms with Gasteiger partial charge in [-0.3, -0.25) is 9.59 Å². The zero-order valence-electron chi connectivity index (χ0n) is 15.5. The van der Waals surface area contributed by atoms with Gasteiger partial charge in [0, 0.05) is 11.3 Å². The molecule has 0 aromatic heterocycles. The van der Waals surface area contributed by atoms with Crippen LogP contribution in [0.15, 0.2) is 65.8 Å². The molecule has 0 radical (unpaired) electrons. The van der Waals surface area contributed by atoms with E-state index in [-0.39, 0.29) is 0 Å². The van der Waals surface area contributed by atoms with Crippen LogP contribution in [0.25, 0.3) is 10.8 Å². The van der Waals surface area contributed by atoms with Gasteiger partial charge in [-0.25, -0.2) is 5.43 Å². The van der Waals surface area contributed by atoms with Crippen molar-refractivity contribution in [3.8, 4) is 0 Å². The number of aryl methyl sites for hydroxylation is 2. The van der Waals surface area contributed by atoms with Gasteiger partial charge >= 0.3 is 11.8 Å². The largest absolute Gasteiger partial charge is 0.329 e. The molecule has 136 valence electrons. The van der Waals surface area contributed by atoms with E-state index in [0.717, 1.165) is 27.5 Å². The monoisotopic (exact) mass is 359 g/mol. The van der Waals surface area contributed by atoms with Crippen LogP contribution in [0.5, 0.6) is 0 Å². The average molecular weight is 359 g/mol. The van der Waals surface area contributed by atoms with Crippen molar-refractivity contribution in [1.29, 1.82) is 0 Å². The van der Waals surface area contributed by atoms with Gasteiger partial charge in [0.1, 0.15) is 0 Å². The Bertz CT molecular complexity index is 1050. The lowest BCUT2D eigenvalue weighted by Gasteiger charge is -2.08. The summed E-state index contributed by atoms with van der Waals surface area (Å²) in [5.74, 6) is -1.57. The van der Waals surface area contributed by atoms with Crippen LogP contribution in [0, 0.1) is 13.8 Å². The van der Waals surface area contributed by atoms with Crippen molar-refractivity contribution < 1.29 is 9.59 Å². The Kier molecular flexibility index (Phi) is 5.31. The summed E-state index contributed by atoms with van der Waals surface area (Å²) in [5, 5.41) is 8.80. The molecule has 0 bridgehead atoms. The minimum atomic E-state index is -0.812. The van der Waals surface area contributed by atoms with Gasteiger partial charge in [0.05, 0.1) is 5.71 Å². The molecule has 0 aliphatic rings. The number of benzene rings is 3. The highest BCUT2D eigenvalue weighted by Gasteiger charge is 2.14. The first-order valence-corrected chi connectivity index (χ1v) is 8.66. The Morgan fingerprint density at radius 1 is 0.852 bits per heavy atom. The van der Waals surface area contributed by atoms with Crippen LogP contribution in [0.2, 0.25) is 0 Å². The number of fused-ring (bicyclic) bond motifs is 1. The fourth-order valence-corrected chi connectivity index (χ4v) is 2.79. The van der Waals surface area contributed by atoms with Gasteiger partial charge in [0.15, 0.2) is 0 Å². The van der Waals surface area contributed by atoms with Crippen LogP contribution in [0.4, 0.5) is 5.69 Å². The molecule has 0 aliphatic carbocycles. The van der Waals surface area contributed by atoms with Gasteiger partial charge in [0.25, 0.3) is 0 Å². The second kappa shape index (κ2) is 7.83. The highest BCUT2D eigenvalue weighted by atomic mass is 16.2. The van der Waals surface area contributed by atoms with Crippen LogP contribution in [-0.2, 0) is 9.59 Å². The van der Waals surface area contributed by atoms with Crippen molar-refractivity contribution in [1.82, 2.24) is 5.43 Å². The summed E-state index contributed by atoms with van der Waals surface area (Å²) in [7, 11) is 0. The van der Waals surface area contributed by atoms with E-state index < -0.39 is 11.8 Å². The van der Waals surface area contributed by atoms with Gasteiger partial charge in [-0.05, 0) is 54.8 Å². The Hall–Kier alpha value is -3.47. The van der Waals surface area contributed by atoms with E-state index >= 15 is 0 Å². The molecule has 5 heteroatoms. The number of hydrogen-bond donors (Lipinski definition) is 2. The van der Waals surface area contributed by atoms with Crippen LogP contribution in [0.3, 0.4) is 0 Å². The van der Waals surface area contributed by atoms with Crippen molar-refractivity contribution in [3.05, 3.63) is 77.4 Å². The number of hydrogen-bond acceptors (Lipinski definition) is 3. The summed E-state index contributed by atoms with van der Waals surface area (Å²) in [6.45, 7) is 5.73. The number of rotatable bonds is 3. The first-order chi connectivity index (χ1) is 13.0. The molecule has 0 heterocycles. The first kappa shape index (κ1) is 18.3. The molecular formula is C22H21N3O2. The molecule has 0 fully saturated rings. The predicted molar refractivity (Wildman–Crippen MR) is 109 cm³/mol. The maximum atomic E-state index is 12.1. The van der Waals surface area contributed by atoms with Crippen molar-refractivity contribution in [2.24, 2.45) is 5.10 Å². The summed E-state index contributed by atoms with van der Waals surface area (Å²) in [6, 6.07) is 19.3.